The molecule has 0 bridgehead atoms. The quantitative estimate of drug-likeness (QED) is 0.0269. The summed E-state index contributed by atoms with van der Waals surface area (Å²) in [7, 11) is -4.30. The minimum atomic E-state index is -4.30. The van der Waals surface area contributed by atoms with Gasteiger partial charge in [0.05, 0.1) is 19.8 Å². The first kappa shape index (κ1) is 57.7. The average Bonchev–Trinajstić information content (AvgIpc) is 3.24. The van der Waals surface area contributed by atoms with Crippen molar-refractivity contribution in [1.29, 1.82) is 0 Å². The van der Waals surface area contributed by atoms with Crippen LogP contribution in [0.4, 0.5) is 0 Å². The number of unbranched alkanes of at least 4 members (excludes halogenated alkanes) is 18. The first-order valence-corrected chi connectivity index (χ1v) is 25.6. The van der Waals surface area contributed by atoms with E-state index in [-0.39, 0.29) is 38.8 Å². The maximum atomic E-state index is 12.6. The highest BCUT2D eigenvalue weighted by Crippen LogP contribution is 2.43. The zero-order valence-corrected chi connectivity index (χ0v) is 39.3. The molecule has 0 aliphatic carbocycles. The van der Waals surface area contributed by atoms with Gasteiger partial charge in [-0.25, -0.2) is 4.57 Å². The van der Waals surface area contributed by atoms with Crippen molar-refractivity contribution in [2.45, 2.75) is 200 Å². The van der Waals surface area contributed by atoms with Gasteiger partial charge < -0.3 is 20.1 Å². The van der Waals surface area contributed by atoms with E-state index in [2.05, 4.69) is 98.9 Å². The third kappa shape index (κ3) is 46.7. The second kappa shape index (κ2) is 47.7. The van der Waals surface area contributed by atoms with E-state index in [0.29, 0.717) is 13.0 Å². The first-order chi connectivity index (χ1) is 29.4. The minimum absolute atomic E-state index is 0.0888. The number of ether oxygens (including phenoxy) is 2. The van der Waals surface area contributed by atoms with Gasteiger partial charge in [-0.15, -0.1) is 0 Å². The van der Waals surface area contributed by atoms with Gasteiger partial charge in [0.1, 0.15) is 6.10 Å². The molecule has 0 radical (unpaired) electrons. The lowest BCUT2D eigenvalue weighted by Crippen LogP contribution is -2.28. The highest BCUT2D eigenvalue weighted by molar-refractivity contribution is 7.47. The van der Waals surface area contributed by atoms with Crippen molar-refractivity contribution < 1.29 is 32.8 Å². The Hall–Kier alpha value is -2.32. The fourth-order valence-electron chi connectivity index (χ4n) is 6.29. The molecule has 3 N–H and O–H groups in total. The molecule has 0 saturated carbocycles. The molecule has 0 fully saturated rings. The first-order valence-electron chi connectivity index (χ1n) is 24.1. The van der Waals surface area contributed by atoms with Crippen molar-refractivity contribution in [3.05, 3.63) is 85.1 Å². The largest absolute Gasteiger partial charge is 0.472 e. The van der Waals surface area contributed by atoms with Gasteiger partial charge in [-0.05, 0) is 89.9 Å². The number of allylic oxidation sites excluding steroid dienone is 14. The lowest BCUT2D eigenvalue weighted by Gasteiger charge is -2.20. The van der Waals surface area contributed by atoms with Gasteiger partial charge in [-0.2, -0.15) is 0 Å². The van der Waals surface area contributed by atoms with E-state index in [0.717, 1.165) is 64.2 Å². The molecule has 0 aromatic heterocycles. The monoisotopic (exact) mass is 860 g/mol. The Labute approximate surface area is 368 Å². The molecule has 0 amide bonds. The number of hydrogen-bond donors (Lipinski definition) is 2. The number of carbonyl (C=O) groups is 1. The summed E-state index contributed by atoms with van der Waals surface area (Å²) in [5.74, 6) is -0.374. The molecule has 2 unspecified atom stereocenters. The summed E-state index contributed by atoms with van der Waals surface area (Å²) < 4.78 is 33.5. The molecule has 60 heavy (non-hydrogen) atoms. The summed E-state index contributed by atoms with van der Waals surface area (Å²) in [6.45, 7) is 4.74. The number of hydrogen-bond acceptors (Lipinski definition) is 7. The zero-order valence-electron chi connectivity index (χ0n) is 38.4. The van der Waals surface area contributed by atoms with Gasteiger partial charge in [0, 0.05) is 19.6 Å². The van der Waals surface area contributed by atoms with Crippen molar-refractivity contribution in [2.24, 2.45) is 5.73 Å². The van der Waals surface area contributed by atoms with Crippen LogP contribution in [0.15, 0.2) is 85.1 Å². The molecule has 0 aliphatic heterocycles. The van der Waals surface area contributed by atoms with Crippen molar-refractivity contribution in [2.75, 3.05) is 33.0 Å². The third-order valence-corrected chi connectivity index (χ3v) is 10.8. The van der Waals surface area contributed by atoms with Crippen LogP contribution in [0, 0.1) is 0 Å². The molecule has 0 spiro atoms. The van der Waals surface area contributed by atoms with Crippen LogP contribution < -0.4 is 5.73 Å². The molecule has 346 valence electrons. The molecule has 2 atom stereocenters. The molecule has 0 heterocycles. The molecular weight excluding hydrogens is 770 g/mol. The molecular formula is C51H90NO7P. The maximum Gasteiger partial charge on any atom is 0.472 e. The lowest BCUT2D eigenvalue weighted by molar-refractivity contribution is -0.154. The number of phosphoric ester groups is 1. The highest BCUT2D eigenvalue weighted by Gasteiger charge is 2.25. The topological polar surface area (TPSA) is 117 Å². The summed E-state index contributed by atoms with van der Waals surface area (Å²) in [6.07, 6.45) is 61.8. The normalized spacial score (nSPS) is 14.1. The molecule has 0 rings (SSSR count). The summed E-state index contributed by atoms with van der Waals surface area (Å²) in [4.78, 5) is 22.5. The van der Waals surface area contributed by atoms with Gasteiger partial charge >= 0.3 is 13.8 Å². The van der Waals surface area contributed by atoms with Gasteiger partial charge in [-0.1, -0.05) is 182 Å². The molecule has 8 nitrogen and oxygen atoms in total. The summed E-state index contributed by atoms with van der Waals surface area (Å²) in [5, 5.41) is 0. The number of phosphoric acid groups is 1. The number of rotatable bonds is 45. The number of esters is 1. The van der Waals surface area contributed by atoms with Gasteiger partial charge in [-0.3, -0.25) is 13.8 Å². The fourth-order valence-corrected chi connectivity index (χ4v) is 7.05. The van der Waals surface area contributed by atoms with Crippen LogP contribution in [-0.2, 0) is 27.9 Å². The molecule has 9 heteroatoms. The van der Waals surface area contributed by atoms with E-state index in [1.54, 1.807) is 0 Å². The van der Waals surface area contributed by atoms with E-state index >= 15 is 0 Å². The van der Waals surface area contributed by atoms with Crippen molar-refractivity contribution >= 4 is 13.8 Å². The Morgan fingerprint density at radius 3 is 1.42 bits per heavy atom. The van der Waals surface area contributed by atoms with Crippen molar-refractivity contribution in [3.8, 4) is 0 Å². The van der Waals surface area contributed by atoms with Crippen LogP contribution in [0.25, 0.3) is 0 Å². The Morgan fingerprint density at radius 2 is 0.933 bits per heavy atom. The number of nitrogens with two attached hydrogens (primary N) is 1. The van der Waals surface area contributed by atoms with Gasteiger partial charge in [0.2, 0.25) is 0 Å². The van der Waals surface area contributed by atoms with E-state index in [4.69, 9.17) is 24.3 Å². The van der Waals surface area contributed by atoms with Crippen LogP contribution >= 0.6 is 7.82 Å². The summed E-state index contributed by atoms with van der Waals surface area (Å²) in [6, 6.07) is 0. The predicted molar refractivity (Wildman–Crippen MR) is 256 cm³/mol. The highest BCUT2D eigenvalue weighted by atomic mass is 31.2. The molecule has 0 aromatic rings. The van der Waals surface area contributed by atoms with Crippen LogP contribution in [0.5, 0.6) is 0 Å². The summed E-state index contributed by atoms with van der Waals surface area (Å²) in [5.41, 5.74) is 5.38. The molecule has 0 aliphatic rings. The second-order valence-electron chi connectivity index (χ2n) is 15.6. The SMILES string of the molecule is CC/C=C\C/C=C\C/C=C\C/C=C\C/C=C\C/C=C\CCCCC(=O)OC(COCCCCCCCCCCCC/C=C\CCCCCCCC)COP(=O)(O)OCCN. The van der Waals surface area contributed by atoms with E-state index in [1.165, 1.54) is 103 Å². The van der Waals surface area contributed by atoms with Gasteiger partial charge in [0.25, 0.3) is 0 Å². The fraction of sp³-hybridized carbons (Fsp3) is 0.706. The summed E-state index contributed by atoms with van der Waals surface area (Å²) >= 11 is 0. The smallest absolute Gasteiger partial charge is 0.457 e. The Morgan fingerprint density at radius 1 is 0.517 bits per heavy atom. The molecule has 0 saturated heterocycles. The van der Waals surface area contributed by atoms with Crippen LogP contribution in [-0.4, -0.2) is 49.9 Å². The molecule has 0 aromatic carbocycles. The Kier molecular flexibility index (Phi) is 45.9. The van der Waals surface area contributed by atoms with Crippen LogP contribution in [0.2, 0.25) is 0 Å². The van der Waals surface area contributed by atoms with Crippen LogP contribution in [0.3, 0.4) is 0 Å². The zero-order chi connectivity index (χ0) is 43.7. The minimum Gasteiger partial charge on any atom is -0.457 e. The third-order valence-electron chi connectivity index (χ3n) is 9.80. The van der Waals surface area contributed by atoms with Gasteiger partial charge in [0.15, 0.2) is 0 Å². The van der Waals surface area contributed by atoms with E-state index in [9.17, 15) is 14.3 Å². The lowest BCUT2D eigenvalue weighted by atomic mass is 10.1. The van der Waals surface area contributed by atoms with Crippen LogP contribution in [0.1, 0.15) is 194 Å². The Balaban J connectivity index is 4.09. The Bertz CT molecular complexity index is 1190. The van der Waals surface area contributed by atoms with Crippen molar-refractivity contribution in [1.82, 2.24) is 0 Å². The second-order valence-corrected chi connectivity index (χ2v) is 17.0. The predicted octanol–water partition coefficient (Wildman–Crippen LogP) is 14.9. The maximum absolute atomic E-state index is 12.6. The van der Waals surface area contributed by atoms with E-state index in [1.807, 2.05) is 0 Å². The van der Waals surface area contributed by atoms with Crippen molar-refractivity contribution in [3.63, 3.8) is 0 Å². The van der Waals surface area contributed by atoms with E-state index < -0.39 is 13.9 Å². The average molecular weight is 860 g/mol. The standard InChI is InChI=1S/C51H90NO7P/c1-3-5-7-9-11-13-15-17-19-21-23-25-26-28-30-32-34-36-38-40-42-44-51(53)59-50(49-58-60(54,55)57-47-45-52)48-56-46-43-41-39-37-35-33-31-29-27-24-22-20-18-16-14-12-10-8-6-4-2/h5,7,11,13,17-20,23,25,28,30,34,36,50H,3-4,6,8-10,12,14-16,21-22,24,26-27,29,31-33,35,37-49,52H2,1-2H3,(H,54,55)/b7-5-,13-11-,19-17-,20-18-,25-23-,30-28-,36-34-. The number of carbonyl (C=O) groups excluding carboxylic acids is 1.